The van der Waals surface area contributed by atoms with Crippen molar-refractivity contribution < 1.29 is 23.7 Å². The van der Waals surface area contributed by atoms with E-state index in [-0.39, 0.29) is 24.5 Å². The number of ether oxygens (including phenoxy) is 4. The van der Waals surface area contributed by atoms with E-state index in [0.717, 1.165) is 65.4 Å². The molecule has 1 aliphatic carbocycles. The molecule has 1 amide bonds. The van der Waals surface area contributed by atoms with Gasteiger partial charge in [0.25, 0.3) is 0 Å². The summed E-state index contributed by atoms with van der Waals surface area (Å²) < 4.78 is 26.9. The lowest BCUT2D eigenvalue weighted by Crippen LogP contribution is -2.53. The summed E-state index contributed by atoms with van der Waals surface area (Å²) >= 11 is 3.64. The van der Waals surface area contributed by atoms with E-state index >= 15 is 0 Å². The van der Waals surface area contributed by atoms with Crippen LogP contribution in [0.15, 0.2) is 53.1 Å². The van der Waals surface area contributed by atoms with Crippen molar-refractivity contribution in [3.8, 4) is 5.75 Å². The van der Waals surface area contributed by atoms with Gasteiger partial charge in [-0.25, -0.2) is 9.48 Å². The molecule has 1 aliphatic heterocycles. The lowest BCUT2D eigenvalue weighted by molar-refractivity contribution is -0.0366. The van der Waals surface area contributed by atoms with E-state index in [9.17, 15) is 4.79 Å². The average molecular weight is 601 g/mol. The minimum atomic E-state index is -0.565. The number of aromatic nitrogens is 2. The van der Waals surface area contributed by atoms with E-state index in [1.54, 1.807) is 4.90 Å². The van der Waals surface area contributed by atoms with Gasteiger partial charge in [0.1, 0.15) is 17.5 Å². The minimum Gasteiger partial charge on any atom is -0.489 e. The van der Waals surface area contributed by atoms with Gasteiger partial charge in [-0.3, -0.25) is 0 Å². The molecule has 9 heteroatoms. The number of halogens is 1. The third-order valence-corrected chi connectivity index (χ3v) is 7.55. The van der Waals surface area contributed by atoms with Crippen molar-refractivity contribution in [1.82, 2.24) is 14.7 Å². The first kappa shape index (κ1) is 27.9. The second kappa shape index (κ2) is 12.3. The molecule has 5 rings (SSSR count). The van der Waals surface area contributed by atoms with E-state index in [1.807, 2.05) is 68.0 Å². The number of amides is 1. The van der Waals surface area contributed by atoms with Crippen molar-refractivity contribution in [1.29, 1.82) is 0 Å². The molecule has 1 saturated heterocycles. The van der Waals surface area contributed by atoms with Gasteiger partial charge in [0.15, 0.2) is 6.23 Å². The summed E-state index contributed by atoms with van der Waals surface area (Å²) in [5.74, 6) is 0.792. The van der Waals surface area contributed by atoms with E-state index in [4.69, 9.17) is 18.9 Å². The van der Waals surface area contributed by atoms with E-state index in [2.05, 4.69) is 27.1 Å². The van der Waals surface area contributed by atoms with Crippen molar-refractivity contribution in [2.75, 3.05) is 19.8 Å². The number of hydrogen-bond donors (Lipinski definition) is 0. The van der Waals surface area contributed by atoms with Crippen LogP contribution in [-0.2, 0) is 20.8 Å². The van der Waals surface area contributed by atoms with Crippen molar-refractivity contribution in [2.24, 2.45) is 0 Å². The Morgan fingerprint density at radius 3 is 2.69 bits per heavy atom. The number of nitrogens with zero attached hydrogens (tertiary/aromatic N) is 3. The van der Waals surface area contributed by atoms with Crippen molar-refractivity contribution in [3.63, 3.8) is 0 Å². The van der Waals surface area contributed by atoms with Gasteiger partial charge in [0.2, 0.25) is 0 Å². The van der Waals surface area contributed by atoms with Crippen LogP contribution in [0.25, 0.3) is 10.9 Å². The third kappa shape index (κ3) is 7.13. The van der Waals surface area contributed by atoms with Crippen LogP contribution in [-0.4, -0.2) is 58.3 Å². The maximum absolute atomic E-state index is 13.1. The Morgan fingerprint density at radius 2 is 1.97 bits per heavy atom. The molecular weight excluding hydrogens is 562 g/mol. The van der Waals surface area contributed by atoms with Gasteiger partial charge in [-0.1, -0.05) is 46.3 Å². The lowest BCUT2D eigenvalue weighted by Gasteiger charge is -2.42. The molecule has 0 bridgehead atoms. The van der Waals surface area contributed by atoms with Gasteiger partial charge < -0.3 is 23.8 Å². The summed E-state index contributed by atoms with van der Waals surface area (Å²) in [6.45, 7) is 7.84. The van der Waals surface area contributed by atoms with Crippen molar-refractivity contribution in [2.45, 2.75) is 83.5 Å². The first-order valence-corrected chi connectivity index (χ1v) is 14.6. The summed E-state index contributed by atoms with van der Waals surface area (Å²) in [4.78, 5) is 14.9. The highest BCUT2D eigenvalue weighted by Gasteiger charge is 2.39. The molecule has 2 fully saturated rings. The monoisotopic (exact) mass is 599 g/mol. The predicted octanol–water partition coefficient (Wildman–Crippen LogP) is 6.86. The highest BCUT2D eigenvalue weighted by molar-refractivity contribution is 9.10. The van der Waals surface area contributed by atoms with Crippen LogP contribution in [0.2, 0.25) is 0 Å². The number of rotatable bonds is 9. The largest absolute Gasteiger partial charge is 0.489 e. The Hall–Kier alpha value is -2.62. The molecule has 0 N–H and O–H groups in total. The van der Waals surface area contributed by atoms with Gasteiger partial charge >= 0.3 is 6.09 Å². The normalized spacial score (nSPS) is 21.4. The zero-order chi connectivity index (χ0) is 27.4. The molecule has 0 radical (unpaired) electrons. The second-order valence-electron chi connectivity index (χ2n) is 11.3. The van der Waals surface area contributed by atoms with E-state index < -0.39 is 5.60 Å². The number of hydrogen-bond acceptors (Lipinski definition) is 6. The van der Waals surface area contributed by atoms with Crippen LogP contribution >= 0.6 is 15.9 Å². The molecule has 210 valence electrons. The molecule has 2 aromatic carbocycles. The molecule has 3 aromatic rings. The summed E-state index contributed by atoms with van der Waals surface area (Å²) in [5.41, 5.74) is 1.54. The number of benzene rings is 2. The van der Waals surface area contributed by atoms with E-state index in [0.29, 0.717) is 19.8 Å². The van der Waals surface area contributed by atoms with Gasteiger partial charge in [-0.05, 0) is 57.7 Å². The van der Waals surface area contributed by atoms with Crippen molar-refractivity contribution in [3.05, 3.63) is 58.7 Å². The van der Waals surface area contributed by atoms with Gasteiger partial charge in [0.05, 0.1) is 30.3 Å². The fourth-order valence-electron chi connectivity index (χ4n) is 5.06. The fourth-order valence-corrected chi connectivity index (χ4v) is 5.49. The van der Waals surface area contributed by atoms with Crippen LogP contribution in [0.1, 0.15) is 64.7 Å². The Kier molecular flexibility index (Phi) is 8.79. The second-order valence-corrected chi connectivity index (χ2v) is 12.2. The van der Waals surface area contributed by atoms with Crippen LogP contribution in [0.4, 0.5) is 4.79 Å². The predicted molar refractivity (Wildman–Crippen MR) is 153 cm³/mol. The maximum Gasteiger partial charge on any atom is 0.410 e. The topological polar surface area (TPSA) is 75.0 Å². The Bertz CT molecular complexity index is 1250. The first-order valence-electron chi connectivity index (χ1n) is 13.8. The number of carbonyl (C=O) groups is 1. The standard InChI is InChI=1S/C30H38BrN3O5/c1-30(2,3)39-29(35)33(12-14-36-20-21-9-5-4-6-10-21)23-17-24(18-23)38-27-16-22(31)15-26-25(27)19-32-34(26)28-11-7-8-13-37-28/h4-6,9-10,15-16,19,23-24,28H,7-8,11-14,17-18,20H2,1-3H3/t23-,24-,28?. The molecule has 1 aromatic heterocycles. The highest BCUT2D eigenvalue weighted by Crippen LogP contribution is 2.37. The smallest absolute Gasteiger partial charge is 0.410 e. The summed E-state index contributed by atoms with van der Waals surface area (Å²) in [5, 5.41) is 5.61. The third-order valence-electron chi connectivity index (χ3n) is 7.09. The molecule has 2 heterocycles. The number of fused-ring (bicyclic) bond motifs is 1. The van der Waals surface area contributed by atoms with Crippen LogP contribution in [0, 0.1) is 0 Å². The quantitative estimate of drug-likeness (QED) is 0.250. The van der Waals surface area contributed by atoms with Gasteiger partial charge in [-0.2, -0.15) is 5.10 Å². The van der Waals surface area contributed by atoms with Crippen molar-refractivity contribution >= 4 is 32.9 Å². The van der Waals surface area contributed by atoms with Gasteiger partial charge in [-0.15, -0.1) is 0 Å². The van der Waals surface area contributed by atoms with E-state index in [1.165, 1.54) is 0 Å². The number of carbonyl (C=O) groups excluding carboxylic acids is 1. The fraction of sp³-hybridized carbons (Fsp3) is 0.533. The zero-order valence-corrected chi connectivity index (χ0v) is 24.6. The van der Waals surface area contributed by atoms with Crippen LogP contribution in [0.5, 0.6) is 5.75 Å². The summed E-state index contributed by atoms with van der Waals surface area (Å²) in [6.07, 6.45) is 6.15. The Balaban J connectivity index is 1.21. The molecule has 1 atom stereocenters. The van der Waals surface area contributed by atoms with Gasteiger partial charge in [0, 0.05) is 36.5 Å². The Morgan fingerprint density at radius 1 is 1.18 bits per heavy atom. The molecule has 1 saturated carbocycles. The first-order chi connectivity index (χ1) is 18.8. The SMILES string of the molecule is CC(C)(C)OC(=O)N(CCOCc1ccccc1)[C@H]1C[C@H](Oc2cc(Br)cc3c2cnn3C2CCCCO2)C1. The maximum atomic E-state index is 13.1. The molecule has 1 unspecified atom stereocenters. The highest BCUT2D eigenvalue weighted by atomic mass is 79.9. The molecule has 2 aliphatic rings. The Labute approximate surface area is 238 Å². The lowest BCUT2D eigenvalue weighted by atomic mass is 9.88. The molecule has 39 heavy (non-hydrogen) atoms. The zero-order valence-electron chi connectivity index (χ0n) is 23.0. The summed E-state index contributed by atoms with van der Waals surface area (Å²) in [6, 6.07) is 14.1. The summed E-state index contributed by atoms with van der Waals surface area (Å²) in [7, 11) is 0. The molecular formula is C30H38BrN3O5. The molecule has 8 nitrogen and oxygen atoms in total. The van der Waals surface area contributed by atoms with Crippen LogP contribution < -0.4 is 4.74 Å². The molecule has 0 spiro atoms. The minimum absolute atomic E-state index is 0.00282. The van der Waals surface area contributed by atoms with Crippen LogP contribution in [0.3, 0.4) is 0 Å². The average Bonchev–Trinajstić information content (AvgIpc) is 3.30.